The van der Waals surface area contributed by atoms with Crippen LogP contribution in [0, 0.1) is 0 Å². The lowest BCUT2D eigenvalue weighted by molar-refractivity contribution is 0.210. The molecule has 0 bridgehead atoms. The molecule has 3 aromatic heterocycles. The van der Waals surface area contributed by atoms with Crippen LogP contribution in [0.1, 0.15) is 17.5 Å². The van der Waals surface area contributed by atoms with Crippen LogP contribution < -0.4 is 4.74 Å². The highest BCUT2D eigenvalue weighted by Crippen LogP contribution is 2.27. The van der Waals surface area contributed by atoms with Gasteiger partial charge >= 0.3 is 0 Å². The minimum absolute atomic E-state index is 0.386. The van der Waals surface area contributed by atoms with E-state index in [1.165, 1.54) is 0 Å². The van der Waals surface area contributed by atoms with Gasteiger partial charge in [0.2, 0.25) is 5.88 Å². The third kappa shape index (κ3) is 3.46. The number of nitrogens with zero attached hydrogens (tertiary/aromatic N) is 3. The Bertz CT molecular complexity index is 1260. The molecule has 5 rings (SSSR count). The highest BCUT2D eigenvalue weighted by Gasteiger charge is 2.16. The van der Waals surface area contributed by atoms with E-state index in [9.17, 15) is 5.11 Å². The molecule has 3 heterocycles. The molecular formula is C22H17N5O2. The SMILES string of the molecule is OC(c1ccccc1)c1nnc(-c2cccc(Oc3ccc4[nH]ccc4n3)c2)[nH]1. The lowest BCUT2D eigenvalue weighted by Gasteiger charge is -2.07. The van der Waals surface area contributed by atoms with E-state index in [2.05, 4.69) is 25.1 Å². The van der Waals surface area contributed by atoms with Gasteiger partial charge in [-0.05, 0) is 29.8 Å². The van der Waals surface area contributed by atoms with Crippen LogP contribution in [0.15, 0.2) is 79.0 Å². The van der Waals surface area contributed by atoms with Gasteiger partial charge in [0.25, 0.3) is 0 Å². The Morgan fingerprint density at radius 3 is 2.69 bits per heavy atom. The third-order valence-corrected chi connectivity index (χ3v) is 4.59. The van der Waals surface area contributed by atoms with Crippen LogP contribution in [0.25, 0.3) is 22.4 Å². The molecule has 0 amide bonds. The minimum Gasteiger partial charge on any atom is -0.439 e. The maximum atomic E-state index is 10.5. The van der Waals surface area contributed by atoms with Gasteiger partial charge in [0.15, 0.2) is 11.6 Å². The number of aliphatic hydroxyl groups excluding tert-OH is 1. The first-order valence-electron chi connectivity index (χ1n) is 9.14. The first kappa shape index (κ1) is 17.2. The standard InChI is InChI=1S/C22H17N5O2/c28-20(14-5-2-1-3-6-14)22-25-21(26-27-22)15-7-4-8-16(13-15)29-19-10-9-17-18(24-19)11-12-23-17/h1-13,20,23,28H,(H,25,26,27). The van der Waals surface area contributed by atoms with E-state index in [1.807, 2.05) is 79.0 Å². The highest BCUT2D eigenvalue weighted by atomic mass is 16.5. The Morgan fingerprint density at radius 1 is 0.897 bits per heavy atom. The van der Waals surface area contributed by atoms with Crippen LogP contribution in [0.3, 0.4) is 0 Å². The molecule has 0 saturated carbocycles. The Kier molecular flexibility index (Phi) is 4.27. The molecule has 0 aliphatic carbocycles. The Labute approximate surface area is 166 Å². The van der Waals surface area contributed by atoms with Crippen molar-refractivity contribution in [2.45, 2.75) is 6.10 Å². The van der Waals surface area contributed by atoms with Gasteiger partial charge in [0.1, 0.15) is 11.9 Å². The molecule has 0 spiro atoms. The number of aromatic amines is 2. The van der Waals surface area contributed by atoms with Crippen LogP contribution in [-0.2, 0) is 0 Å². The number of pyridine rings is 1. The number of H-pyrrole nitrogens is 2. The predicted molar refractivity (Wildman–Crippen MR) is 108 cm³/mol. The fourth-order valence-corrected chi connectivity index (χ4v) is 3.12. The number of benzene rings is 2. The van der Waals surface area contributed by atoms with E-state index in [4.69, 9.17) is 4.74 Å². The van der Waals surface area contributed by atoms with Gasteiger partial charge < -0.3 is 19.8 Å². The van der Waals surface area contributed by atoms with Gasteiger partial charge in [-0.15, -0.1) is 10.2 Å². The minimum atomic E-state index is -0.867. The zero-order valence-corrected chi connectivity index (χ0v) is 15.3. The number of hydrogen-bond donors (Lipinski definition) is 3. The van der Waals surface area contributed by atoms with Gasteiger partial charge in [0, 0.05) is 17.8 Å². The molecule has 7 heteroatoms. The zero-order chi connectivity index (χ0) is 19.6. The number of ether oxygens (including phenoxy) is 1. The van der Waals surface area contributed by atoms with E-state index >= 15 is 0 Å². The monoisotopic (exact) mass is 383 g/mol. The predicted octanol–water partition coefficient (Wildman–Crippen LogP) is 4.22. The van der Waals surface area contributed by atoms with Crippen LogP contribution in [-0.4, -0.2) is 30.3 Å². The smallest absolute Gasteiger partial charge is 0.219 e. The van der Waals surface area contributed by atoms with E-state index in [-0.39, 0.29) is 0 Å². The Hall–Kier alpha value is -3.97. The van der Waals surface area contributed by atoms with Gasteiger partial charge in [-0.1, -0.05) is 42.5 Å². The fourth-order valence-electron chi connectivity index (χ4n) is 3.12. The van der Waals surface area contributed by atoms with Crippen molar-refractivity contribution in [3.05, 3.63) is 90.4 Å². The molecule has 142 valence electrons. The van der Waals surface area contributed by atoms with Crippen LogP contribution >= 0.6 is 0 Å². The Balaban J connectivity index is 1.39. The topological polar surface area (TPSA) is 99.7 Å². The van der Waals surface area contributed by atoms with E-state index < -0.39 is 6.10 Å². The van der Waals surface area contributed by atoms with Gasteiger partial charge in [-0.25, -0.2) is 4.98 Å². The normalized spacial score (nSPS) is 12.2. The molecule has 0 saturated heterocycles. The summed E-state index contributed by atoms with van der Waals surface area (Å²) in [7, 11) is 0. The molecule has 3 N–H and O–H groups in total. The molecule has 0 fully saturated rings. The second-order valence-corrected chi connectivity index (χ2v) is 6.56. The second-order valence-electron chi connectivity index (χ2n) is 6.56. The quantitative estimate of drug-likeness (QED) is 0.422. The van der Waals surface area contributed by atoms with E-state index in [1.54, 1.807) is 0 Å². The summed E-state index contributed by atoms with van der Waals surface area (Å²) < 4.78 is 5.91. The number of fused-ring (bicyclic) bond motifs is 1. The molecule has 0 aliphatic rings. The van der Waals surface area contributed by atoms with Crippen LogP contribution in [0.2, 0.25) is 0 Å². The number of aromatic nitrogens is 5. The van der Waals surface area contributed by atoms with Crippen molar-refractivity contribution in [3.8, 4) is 23.0 Å². The zero-order valence-electron chi connectivity index (χ0n) is 15.3. The maximum absolute atomic E-state index is 10.5. The van der Waals surface area contributed by atoms with Crippen molar-refractivity contribution in [1.82, 2.24) is 25.1 Å². The summed E-state index contributed by atoms with van der Waals surface area (Å²) in [4.78, 5) is 10.7. The largest absolute Gasteiger partial charge is 0.439 e. The molecule has 0 radical (unpaired) electrons. The van der Waals surface area contributed by atoms with Crippen molar-refractivity contribution >= 4 is 11.0 Å². The molecule has 7 nitrogen and oxygen atoms in total. The molecule has 0 aliphatic heterocycles. The Morgan fingerprint density at radius 2 is 1.79 bits per heavy atom. The molecule has 1 unspecified atom stereocenters. The number of nitrogens with one attached hydrogen (secondary N) is 2. The lowest BCUT2D eigenvalue weighted by atomic mass is 10.1. The molecule has 29 heavy (non-hydrogen) atoms. The van der Waals surface area contributed by atoms with Gasteiger partial charge in [0.05, 0.1) is 11.0 Å². The van der Waals surface area contributed by atoms with Crippen LogP contribution in [0.5, 0.6) is 11.6 Å². The summed E-state index contributed by atoms with van der Waals surface area (Å²) >= 11 is 0. The summed E-state index contributed by atoms with van der Waals surface area (Å²) in [5.74, 6) is 2.07. The third-order valence-electron chi connectivity index (χ3n) is 4.59. The number of aliphatic hydroxyl groups is 1. The summed E-state index contributed by atoms with van der Waals surface area (Å²) in [6.07, 6.45) is 0.974. The average molecular weight is 383 g/mol. The summed E-state index contributed by atoms with van der Waals surface area (Å²) in [5.41, 5.74) is 3.34. The first-order valence-corrected chi connectivity index (χ1v) is 9.14. The van der Waals surface area contributed by atoms with Crippen molar-refractivity contribution in [3.63, 3.8) is 0 Å². The summed E-state index contributed by atoms with van der Waals surface area (Å²) in [6.45, 7) is 0. The van der Waals surface area contributed by atoms with Gasteiger partial charge in [-0.2, -0.15) is 0 Å². The lowest BCUT2D eigenvalue weighted by Crippen LogP contribution is -2.01. The van der Waals surface area contributed by atoms with E-state index in [0.717, 1.165) is 22.2 Å². The summed E-state index contributed by atoms with van der Waals surface area (Å²) in [6, 6.07) is 22.4. The molecule has 2 aromatic carbocycles. The van der Waals surface area contributed by atoms with Gasteiger partial charge in [-0.3, -0.25) is 0 Å². The highest BCUT2D eigenvalue weighted by molar-refractivity contribution is 5.75. The second kappa shape index (κ2) is 7.21. The average Bonchev–Trinajstić information content (AvgIpc) is 3.43. The molecular weight excluding hydrogens is 366 g/mol. The fraction of sp³-hybridized carbons (Fsp3) is 0.0455. The molecule has 1 atom stereocenters. The van der Waals surface area contributed by atoms with Crippen LogP contribution in [0.4, 0.5) is 0 Å². The maximum Gasteiger partial charge on any atom is 0.219 e. The number of rotatable bonds is 5. The summed E-state index contributed by atoms with van der Waals surface area (Å²) in [5, 5.41) is 18.8. The molecule has 5 aromatic rings. The van der Waals surface area contributed by atoms with Crippen molar-refractivity contribution in [2.24, 2.45) is 0 Å². The van der Waals surface area contributed by atoms with E-state index in [0.29, 0.717) is 23.3 Å². The van der Waals surface area contributed by atoms with Crippen molar-refractivity contribution in [2.75, 3.05) is 0 Å². The number of hydrogen-bond acceptors (Lipinski definition) is 5. The van der Waals surface area contributed by atoms with Crippen molar-refractivity contribution < 1.29 is 9.84 Å². The van der Waals surface area contributed by atoms with Crippen molar-refractivity contribution in [1.29, 1.82) is 0 Å². The first-order chi connectivity index (χ1) is 14.3.